The van der Waals surface area contributed by atoms with Gasteiger partial charge in [-0.2, -0.15) is 0 Å². The molecule has 0 saturated heterocycles. The number of anilines is 2. The molecule has 0 aliphatic carbocycles. The number of benzene rings is 3. The Bertz CT molecular complexity index is 1060. The second-order valence-corrected chi connectivity index (χ2v) is 6.15. The molecule has 3 aromatic carbocycles. The van der Waals surface area contributed by atoms with Crippen molar-refractivity contribution in [3.05, 3.63) is 83.9 Å². The molecule has 146 valence electrons. The molecule has 0 radical (unpaired) electrons. The fourth-order valence-electron chi connectivity index (χ4n) is 2.45. The second-order valence-electron chi connectivity index (χ2n) is 6.15. The summed E-state index contributed by atoms with van der Waals surface area (Å²) in [7, 11) is 0. The van der Waals surface area contributed by atoms with Crippen LogP contribution in [0.1, 0.15) is 15.9 Å². The van der Waals surface area contributed by atoms with Crippen molar-refractivity contribution >= 4 is 29.3 Å². The van der Waals surface area contributed by atoms with E-state index in [2.05, 4.69) is 10.6 Å². The molecule has 0 spiro atoms. The Labute approximate surface area is 166 Å². The van der Waals surface area contributed by atoms with Gasteiger partial charge in [-0.25, -0.2) is 0 Å². The van der Waals surface area contributed by atoms with Crippen molar-refractivity contribution in [1.82, 2.24) is 0 Å². The number of hydrogen-bond donors (Lipinski definition) is 5. The number of amides is 2. The summed E-state index contributed by atoms with van der Waals surface area (Å²) >= 11 is 0. The molecule has 0 unspecified atom stereocenters. The maximum Gasteiger partial charge on any atom is 0.255 e. The van der Waals surface area contributed by atoms with E-state index in [0.717, 1.165) is 0 Å². The van der Waals surface area contributed by atoms with Crippen LogP contribution in [0.15, 0.2) is 72.8 Å². The van der Waals surface area contributed by atoms with Gasteiger partial charge in [0, 0.05) is 23.0 Å². The van der Waals surface area contributed by atoms with Crippen LogP contribution in [0.3, 0.4) is 0 Å². The minimum atomic E-state index is -0.376. The van der Waals surface area contributed by atoms with E-state index in [0.29, 0.717) is 22.5 Å². The molecule has 3 rings (SSSR count). The fraction of sp³-hybridized carbons (Fsp3) is 0. The lowest BCUT2D eigenvalue weighted by Crippen LogP contribution is -2.12. The van der Waals surface area contributed by atoms with Crippen molar-refractivity contribution in [2.45, 2.75) is 0 Å². The van der Waals surface area contributed by atoms with Crippen LogP contribution in [0.5, 0.6) is 17.2 Å². The maximum absolute atomic E-state index is 12.1. The molecular formula is C22H18N2O5. The van der Waals surface area contributed by atoms with E-state index in [-0.39, 0.29) is 29.1 Å². The van der Waals surface area contributed by atoms with Gasteiger partial charge in [0.1, 0.15) is 5.75 Å². The molecule has 7 nitrogen and oxygen atoms in total. The number of aromatic hydroxyl groups is 3. The maximum atomic E-state index is 12.1. The Balaban J connectivity index is 1.57. The monoisotopic (exact) mass is 390 g/mol. The van der Waals surface area contributed by atoms with Crippen molar-refractivity contribution in [3.8, 4) is 17.2 Å². The highest BCUT2D eigenvalue weighted by molar-refractivity contribution is 6.05. The van der Waals surface area contributed by atoms with Crippen LogP contribution < -0.4 is 10.6 Å². The second kappa shape index (κ2) is 8.62. The van der Waals surface area contributed by atoms with E-state index in [1.165, 1.54) is 48.6 Å². The summed E-state index contributed by atoms with van der Waals surface area (Å²) in [6.45, 7) is 0. The quantitative estimate of drug-likeness (QED) is 0.336. The zero-order chi connectivity index (χ0) is 20.8. The molecule has 0 aliphatic heterocycles. The molecular weight excluding hydrogens is 372 g/mol. The molecule has 0 aromatic heterocycles. The molecule has 0 aliphatic rings. The number of phenolic OH excluding ortho intramolecular Hbond substituents is 3. The topological polar surface area (TPSA) is 119 Å². The van der Waals surface area contributed by atoms with Crippen molar-refractivity contribution < 1.29 is 24.9 Å². The minimum absolute atomic E-state index is 0.0814. The highest BCUT2D eigenvalue weighted by Crippen LogP contribution is 2.25. The number of carbonyl (C=O) groups excluding carboxylic acids is 2. The lowest BCUT2D eigenvalue weighted by molar-refractivity contribution is -0.111. The summed E-state index contributed by atoms with van der Waals surface area (Å²) in [5, 5.41) is 33.4. The van der Waals surface area contributed by atoms with E-state index < -0.39 is 0 Å². The van der Waals surface area contributed by atoms with E-state index in [9.17, 15) is 24.9 Å². The third kappa shape index (κ3) is 5.36. The van der Waals surface area contributed by atoms with Gasteiger partial charge in [-0.15, -0.1) is 0 Å². The summed E-state index contributed by atoms with van der Waals surface area (Å²) < 4.78 is 0. The normalized spacial score (nSPS) is 10.6. The summed E-state index contributed by atoms with van der Waals surface area (Å²) in [5.74, 6) is -1.11. The Morgan fingerprint density at radius 2 is 1.34 bits per heavy atom. The minimum Gasteiger partial charge on any atom is -0.508 e. The highest BCUT2D eigenvalue weighted by atomic mass is 16.3. The molecule has 0 atom stereocenters. The largest absolute Gasteiger partial charge is 0.508 e. The van der Waals surface area contributed by atoms with Gasteiger partial charge in [0.25, 0.3) is 5.91 Å². The molecule has 29 heavy (non-hydrogen) atoms. The first-order valence-corrected chi connectivity index (χ1v) is 8.62. The van der Waals surface area contributed by atoms with Crippen molar-refractivity contribution in [2.75, 3.05) is 10.6 Å². The summed E-state index contributed by atoms with van der Waals surface area (Å²) in [5.41, 5.74) is 2.06. The van der Waals surface area contributed by atoms with Crippen molar-refractivity contribution in [3.63, 3.8) is 0 Å². The summed E-state index contributed by atoms with van der Waals surface area (Å²) in [6, 6.07) is 16.7. The first-order valence-electron chi connectivity index (χ1n) is 8.62. The van der Waals surface area contributed by atoms with Gasteiger partial charge >= 0.3 is 0 Å². The lowest BCUT2D eigenvalue weighted by Gasteiger charge is -2.07. The van der Waals surface area contributed by atoms with Crippen molar-refractivity contribution in [2.24, 2.45) is 0 Å². The molecule has 3 aromatic rings. The molecule has 0 saturated carbocycles. The van der Waals surface area contributed by atoms with E-state index >= 15 is 0 Å². The molecule has 0 heterocycles. The van der Waals surface area contributed by atoms with Gasteiger partial charge in [0.15, 0.2) is 11.5 Å². The highest BCUT2D eigenvalue weighted by Gasteiger charge is 2.06. The molecule has 2 amide bonds. The third-order valence-corrected chi connectivity index (χ3v) is 3.97. The third-order valence-electron chi connectivity index (χ3n) is 3.97. The number of phenols is 3. The van der Waals surface area contributed by atoms with Gasteiger partial charge in [-0.1, -0.05) is 6.07 Å². The van der Waals surface area contributed by atoms with Crippen LogP contribution in [0, 0.1) is 0 Å². The average Bonchev–Trinajstić information content (AvgIpc) is 2.71. The predicted octanol–water partition coefficient (Wildman–Crippen LogP) is 3.71. The van der Waals surface area contributed by atoms with E-state index in [1.54, 1.807) is 30.3 Å². The Morgan fingerprint density at radius 1 is 0.724 bits per heavy atom. The zero-order valence-electron chi connectivity index (χ0n) is 15.2. The first-order chi connectivity index (χ1) is 13.9. The zero-order valence-corrected chi connectivity index (χ0v) is 15.2. The van der Waals surface area contributed by atoms with Gasteiger partial charge in [-0.3, -0.25) is 9.59 Å². The van der Waals surface area contributed by atoms with Crippen LogP contribution >= 0.6 is 0 Å². The molecule has 7 heteroatoms. The Hall–Kier alpha value is -4.26. The van der Waals surface area contributed by atoms with Crippen LogP contribution in [0.4, 0.5) is 11.4 Å². The smallest absolute Gasteiger partial charge is 0.255 e. The number of carbonyl (C=O) groups is 2. The number of hydrogen-bond acceptors (Lipinski definition) is 5. The van der Waals surface area contributed by atoms with Crippen molar-refractivity contribution in [1.29, 1.82) is 0 Å². The lowest BCUT2D eigenvalue weighted by atomic mass is 10.2. The average molecular weight is 390 g/mol. The Kier molecular flexibility index (Phi) is 5.80. The van der Waals surface area contributed by atoms with Gasteiger partial charge in [0.05, 0.1) is 0 Å². The van der Waals surface area contributed by atoms with Gasteiger partial charge < -0.3 is 26.0 Å². The fourth-order valence-corrected chi connectivity index (χ4v) is 2.45. The van der Waals surface area contributed by atoms with Crippen LogP contribution in [0.2, 0.25) is 0 Å². The standard InChI is InChI=1S/C22H18N2O5/c25-18-9-3-15(4-10-18)22(29)24-17-7-5-16(6-8-17)23-21(28)12-2-14-1-11-19(26)20(27)13-14/h1-13,25-27H,(H,23,28)(H,24,29)/b12-2+. The van der Waals surface area contributed by atoms with E-state index in [4.69, 9.17) is 0 Å². The van der Waals surface area contributed by atoms with Gasteiger partial charge in [-0.05, 0) is 72.3 Å². The SMILES string of the molecule is O=C(/C=C/c1ccc(O)c(O)c1)Nc1ccc(NC(=O)c2ccc(O)cc2)cc1. The Morgan fingerprint density at radius 3 is 1.97 bits per heavy atom. The van der Waals surface area contributed by atoms with E-state index in [1.807, 2.05) is 0 Å². The number of nitrogens with one attached hydrogen (secondary N) is 2. The van der Waals surface area contributed by atoms with Crippen LogP contribution in [0.25, 0.3) is 6.08 Å². The van der Waals surface area contributed by atoms with Crippen LogP contribution in [-0.4, -0.2) is 27.1 Å². The predicted molar refractivity (Wildman–Crippen MR) is 110 cm³/mol. The van der Waals surface area contributed by atoms with Crippen LogP contribution in [-0.2, 0) is 4.79 Å². The summed E-state index contributed by atoms with van der Waals surface area (Å²) in [6.07, 6.45) is 2.80. The molecule has 0 bridgehead atoms. The van der Waals surface area contributed by atoms with Gasteiger partial charge in [0.2, 0.25) is 5.91 Å². The summed E-state index contributed by atoms with van der Waals surface area (Å²) in [4.78, 5) is 24.2. The molecule has 5 N–H and O–H groups in total. The number of rotatable bonds is 5. The first kappa shape index (κ1) is 19.5. The molecule has 0 fully saturated rings.